The number of ether oxygens (including phenoxy) is 2. The van der Waals surface area contributed by atoms with Gasteiger partial charge in [-0.25, -0.2) is 4.79 Å². The maximum atomic E-state index is 10.7. The van der Waals surface area contributed by atoms with Crippen LogP contribution in [0.25, 0.3) is 0 Å². The van der Waals surface area contributed by atoms with Crippen LogP contribution < -0.4 is 4.74 Å². The van der Waals surface area contributed by atoms with E-state index in [4.69, 9.17) is 14.6 Å². The van der Waals surface area contributed by atoms with E-state index in [0.29, 0.717) is 25.5 Å². The number of carboxylic acids is 1. The van der Waals surface area contributed by atoms with Crippen LogP contribution in [0.15, 0.2) is 48.7 Å². The first-order chi connectivity index (χ1) is 9.75. The number of hydrogen-bond acceptors (Lipinski definition) is 4. The van der Waals surface area contributed by atoms with Gasteiger partial charge in [0.05, 0.1) is 24.5 Å². The van der Waals surface area contributed by atoms with Crippen molar-refractivity contribution in [2.24, 2.45) is 0 Å². The molecule has 1 heterocycles. The van der Waals surface area contributed by atoms with Crippen LogP contribution >= 0.6 is 0 Å². The molecule has 5 heteroatoms. The van der Waals surface area contributed by atoms with Gasteiger partial charge in [-0.1, -0.05) is 18.2 Å². The number of pyridine rings is 1. The second-order valence-corrected chi connectivity index (χ2v) is 4.06. The van der Waals surface area contributed by atoms with Crippen LogP contribution in [-0.2, 0) is 11.3 Å². The third kappa shape index (κ3) is 4.37. The van der Waals surface area contributed by atoms with E-state index in [1.165, 1.54) is 12.3 Å². The fraction of sp³-hybridized carbons (Fsp3) is 0.200. The Morgan fingerprint density at radius 3 is 2.55 bits per heavy atom. The van der Waals surface area contributed by atoms with Crippen molar-refractivity contribution in [1.29, 1.82) is 0 Å². The Morgan fingerprint density at radius 1 is 1.10 bits per heavy atom. The molecule has 0 bridgehead atoms. The first kappa shape index (κ1) is 14.0. The molecule has 0 saturated carbocycles. The minimum absolute atomic E-state index is 0.168. The normalized spacial score (nSPS) is 10.2. The van der Waals surface area contributed by atoms with Gasteiger partial charge in [-0.15, -0.1) is 0 Å². The van der Waals surface area contributed by atoms with Crippen LogP contribution in [0, 0.1) is 0 Å². The standard InChI is InChI=1S/C15H15NO4/c17-15(18)12-6-7-13(16-10-12)11-19-8-9-20-14-4-2-1-3-5-14/h1-7,10H,8-9,11H2,(H,17,18). The molecule has 0 amide bonds. The average molecular weight is 273 g/mol. The third-order valence-corrected chi connectivity index (χ3v) is 2.56. The van der Waals surface area contributed by atoms with E-state index in [-0.39, 0.29) is 5.56 Å². The smallest absolute Gasteiger partial charge is 0.337 e. The van der Waals surface area contributed by atoms with Gasteiger partial charge in [0, 0.05) is 6.20 Å². The fourth-order valence-corrected chi connectivity index (χ4v) is 1.55. The summed E-state index contributed by atoms with van der Waals surface area (Å²) in [5.74, 6) is -0.179. The Labute approximate surface area is 116 Å². The molecule has 0 fully saturated rings. The molecule has 1 aromatic heterocycles. The zero-order valence-electron chi connectivity index (χ0n) is 10.9. The number of aromatic carboxylic acids is 1. The summed E-state index contributed by atoms with van der Waals surface area (Å²) in [5.41, 5.74) is 0.857. The van der Waals surface area contributed by atoms with Gasteiger partial charge in [-0.3, -0.25) is 4.98 Å². The van der Waals surface area contributed by atoms with Crippen molar-refractivity contribution in [2.75, 3.05) is 13.2 Å². The molecule has 20 heavy (non-hydrogen) atoms. The average Bonchev–Trinajstić information content (AvgIpc) is 2.48. The van der Waals surface area contributed by atoms with Crippen LogP contribution in [0.5, 0.6) is 5.75 Å². The molecule has 0 aliphatic carbocycles. The minimum Gasteiger partial charge on any atom is -0.491 e. The maximum Gasteiger partial charge on any atom is 0.337 e. The van der Waals surface area contributed by atoms with Crippen LogP contribution in [0.2, 0.25) is 0 Å². The highest BCUT2D eigenvalue weighted by Crippen LogP contribution is 2.08. The van der Waals surface area contributed by atoms with E-state index in [1.54, 1.807) is 6.07 Å². The summed E-state index contributed by atoms with van der Waals surface area (Å²) >= 11 is 0. The Bertz CT molecular complexity index is 540. The summed E-state index contributed by atoms with van der Waals surface area (Å²) in [6.45, 7) is 1.23. The van der Waals surface area contributed by atoms with E-state index in [1.807, 2.05) is 30.3 Å². The number of benzene rings is 1. The number of carbonyl (C=O) groups is 1. The highest BCUT2D eigenvalue weighted by atomic mass is 16.5. The second-order valence-electron chi connectivity index (χ2n) is 4.06. The summed E-state index contributed by atoms with van der Waals surface area (Å²) in [7, 11) is 0. The molecule has 5 nitrogen and oxygen atoms in total. The van der Waals surface area contributed by atoms with Crippen molar-refractivity contribution >= 4 is 5.97 Å². The SMILES string of the molecule is O=C(O)c1ccc(COCCOc2ccccc2)nc1. The Hall–Kier alpha value is -2.40. The monoisotopic (exact) mass is 273 g/mol. The molecule has 0 radical (unpaired) electrons. The predicted molar refractivity (Wildman–Crippen MR) is 72.8 cm³/mol. The van der Waals surface area contributed by atoms with Gasteiger partial charge in [-0.2, -0.15) is 0 Å². The van der Waals surface area contributed by atoms with Crippen LogP contribution in [0.3, 0.4) is 0 Å². The zero-order valence-corrected chi connectivity index (χ0v) is 10.9. The van der Waals surface area contributed by atoms with Crippen molar-refractivity contribution in [3.63, 3.8) is 0 Å². The molecule has 0 spiro atoms. The molecule has 0 unspecified atom stereocenters. The fourth-order valence-electron chi connectivity index (χ4n) is 1.55. The van der Waals surface area contributed by atoms with E-state index < -0.39 is 5.97 Å². The maximum absolute atomic E-state index is 10.7. The molecule has 1 N–H and O–H groups in total. The topological polar surface area (TPSA) is 68.7 Å². The predicted octanol–water partition coefficient (Wildman–Crippen LogP) is 2.38. The highest BCUT2D eigenvalue weighted by Gasteiger charge is 2.02. The largest absolute Gasteiger partial charge is 0.491 e. The van der Waals surface area contributed by atoms with Crippen molar-refractivity contribution in [3.05, 3.63) is 59.9 Å². The van der Waals surface area contributed by atoms with Crippen molar-refractivity contribution in [1.82, 2.24) is 4.98 Å². The lowest BCUT2D eigenvalue weighted by atomic mass is 10.2. The van der Waals surface area contributed by atoms with Gasteiger partial charge in [0.1, 0.15) is 12.4 Å². The molecule has 2 rings (SSSR count). The Kier molecular flexibility index (Phi) is 5.08. The minimum atomic E-state index is -0.985. The molecule has 0 aliphatic rings. The molecule has 0 aliphatic heterocycles. The Balaban J connectivity index is 1.67. The summed E-state index contributed by atoms with van der Waals surface area (Å²) < 4.78 is 10.9. The molecule has 1 aromatic carbocycles. The molecular weight excluding hydrogens is 258 g/mol. The van der Waals surface area contributed by atoms with Crippen LogP contribution in [-0.4, -0.2) is 29.3 Å². The number of nitrogens with zero attached hydrogens (tertiary/aromatic N) is 1. The van der Waals surface area contributed by atoms with E-state index >= 15 is 0 Å². The van der Waals surface area contributed by atoms with Crippen LogP contribution in [0.1, 0.15) is 16.1 Å². The lowest BCUT2D eigenvalue weighted by Gasteiger charge is -2.06. The number of hydrogen-bond donors (Lipinski definition) is 1. The molecule has 0 saturated heterocycles. The van der Waals surface area contributed by atoms with Gasteiger partial charge in [0.25, 0.3) is 0 Å². The van der Waals surface area contributed by atoms with Gasteiger partial charge < -0.3 is 14.6 Å². The second kappa shape index (κ2) is 7.25. The summed E-state index contributed by atoms with van der Waals surface area (Å²) in [6.07, 6.45) is 1.32. The van der Waals surface area contributed by atoms with Gasteiger partial charge in [-0.05, 0) is 24.3 Å². The lowest BCUT2D eigenvalue weighted by Crippen LogP contribution is -2.07. The number of aromatic nitrogens is 1. The lowest BCUT2D eigenvalue weighted by molar-refractivity contribution is 0.0695. The van der Waals surface area contributed by atoms with Crippen molar-refractivity contribution in [2.45, 2.75) is 6.61 Å². The van der Waals surface area contributed by atoms with E-state index in [9.17, 15) is 4.79 Å². The van der Waals surface area contributed by atoms with Gasteiger partial charge in [0.2, 0.25) is 0 Å². The summed E-state index contributed by atoms with van der Waals surface area (Å²) in [6, 6.07) is 12.7. The highest BCUT2D eigenvalue weighted by molar-refractivity contribution is 5.87. The molecule has 104 valence electrons. The first-order valence-corrected chi connectivity index (χ1v) is 6.19. The summed E-state index contributed by atoms with van der Waals surface area (Å²) in [5, 5.41) is 8.74. The van der Waals surface area contributed by atoms with E-state index in [2.05, 4.69) is 4.98 Å². The summed E-state index contributed by atoms with van der Waals surface area (Å²) in [4.78, 5) is 14.7. The zero-order chi connectivity index (χ0) is 14.2. The third-order valence-electron chi connectivity index (χ3n) is 2.56. The number of para-hydroxylation sites is 1. The quantitative estimate of drug-likeness (QED) is 0.784. The van der Waals surface area contributed by atoms with Gasteiger partial charge in [0.15, 0.2) is 0 Å². The Morgan fingerprint density at radius 2 is 1.90 bits per heavy atom. The van der Waals surface area contributed by atoms with Crippen molar-refractivity contribution < 1.29 is 19.4 Å². The van der Waals surface area contributed by atoms with Crippen LogP contribution in [0.4, 0.5) is 0 Å². The first-order valence-electron chi connectivity index (χ1n) is 6.19. The molecule has 0 atom stereocenters. The number of carboxylic acid groups (broad SMARTS) is 1. The number of rotatable bonds is 7. The molecule has 2 aromatic rings. The van der Waals surface area contributed by atoms with E-state index in [0.717, 1.165) is 5.75 Å². The van der Waals surface area contributed by atoms with Crippen molar-refractivity contribution in [3.8, 4) is 5.75 Å². The van der Waals surface area contributed by atoms with Gasteiger partial charge >= 0.3 is 5.97 Å². The molecular formula is C15H15NO4.